The van der Waals surface area contributed by atoms with Crippen LogP contribution in [-0.4, -0.2) is 70.1 Å². The van der Waals surface area contributed by atoms with E-state index in [0.29, 0.717) is 6.42 Å². The lowest BCUT2D eigenvalue weighted by Gasteiger charge is -2.47. The second kappa shape index (κ2) is 9.28. The van der Waals surface area contributed by atoms with E-state index >= 15 is 0 Å². The molecule has 2 aromatic rings. The number of likely N-dealkylation sites (tertiary alicyclic amines) is 1. The molecule has 3 aliphatic rings. The van der Waals surface area contributed by atoms with Crippen molar-refractivity contribution in [3.63, 3.8) is 0 Å². The molecule has 0 spiro atoms. The number of aliphatic hydroxyl groups is 1. The number of rotatable bonds is 4. The van der Waals surface area contributed by atoms with Crippen LogP contribution in [0.3, 0.4) is 0 Å². The van der Waals surface area contributed by atoms with Gasteiger partial charge in [0.15, 0.2) is 0 Å². The van der Waals surface area contributed by atoms with Gasteiger partial charge in [0.05, 0.1) is 24.2 Å². The summed E-state index contributed by atoms with van der Waals surface area (Å²) in [6.45, 7) is 9.70. The third-order valence-corrected chi connectivity index (χ3v) is 7.47. The normalized spacial score (nSPS) is 23.6. The van der Waals surface area contributed by atoms with Crippen molar-refractivity contribution >= 4 is 12.2 Å². The van der Waals surface area contributed by atoms with E-state index in [4.69, 9.17) is 9.47 Å². The summed E-state index contributed by atoms with van der Waals surface area (Å²) in [5.41, 5.74) is 3.98. The summed E-state index contributed by atoms with van der Waals surface area (Å²) < 4.78 is 11.6. The van der Waals surface area contributed by atoms with E-state index in [1.165, 1.54) is 6.08 Å². The van der Waals surface area contributed by atoms with Crippen LogP contribution in [0.5, 0.6) is 0 Å². The Labute approximate surface area is 212 Å². The second-order valence-electron chi connectivity index (χ2n) is 10.9. The van der Waals surface area contributed by atoms with Crippen molar-refractivity contribution in [3.05, 3.63) is 72.3 Å². The standard InChI is InChI=1S/C29H34N2O5/c1-5-25(32)26-24-15-14-18(31(24)28(34)36-29(2,3)4)16-30(26)27(33)35-17-23-21-12-8-6-10-19(21)20-11-7-9-13-22(20)23/h5-13,18,23-26,32H,1,14-17H2,2-4H3/t18-,24+,25-,26+/m1/s1. The zero-order valence-electron chi connectivity index (χ0n) is 21.1. The maximum atomic E-state index is 13.5. The molecular weight excluding hydrogens is 456 g/mol. The zero-order chi connectivity index (χ0) is 25.6. The molecule has 2 bridgehead atoms. The Balaban J connectivity index is 1.35. The van der Waals surface area contributed by atoms with Gasteiger partial charge in [-0.05, 0) is 55.9 Å². The van der Waals surface area contributed by atoms with E-state index in [1.807, 2.05) is 45.0 Å². The van der Waals surface area contributed by atoms with Crippen molar-refractivity contribution in [2.45, 2.75) is 69.4 Å². The highest BCUT2D eigenvalue weighted by Gasteiger charge is 2.53. The molecule has 1 aliphatic carbocycles. The quantitative estimate of drug-likeness (QED) is 0.615. The fourth-order valence-corrected chi connectivity index (χ4v) is 6.01. The van der Waals surface area contributed by atoms with Gasteiger partial charge >= 0.3 is 12.2 Å². The average molecular weight is 491 g/mol. The predicted molar refractivity (Wildman–Crippen MR) is 137 cm³/mol. The highest BCUT2D eigenvalue weighted by Crippen LogP contribution is 2.45. The molecule has 2 saturated heterocycles. The van der Waals surface area contributed by atoms with E-state index < -0.39 is 29.9 Å². The summed E-state index contributed by atoms with van der Waals surface area (Å²) in [4.78, 5) is 29.7. The Morgan fingerprint density at radius 1 is 1.06 bits per heavy atom. The molecule has 2 fully saturated rings. The molecule has 0 saturated carbocycles. The lowest BCUT2D eigenvalue weighted by Crippen LogP contribution is -2.66. The topological polar surface area (TPSA) is 79.3 Å². The molecule has 7 heteroatoms. The fourth-order valence-electron chi connectivity index (χ4n) is 6.01. The number of hydrogen-bond acceptors (Lipinski definition) is 5. The van der Waals surface area contributed by atoms with Crippen molar-refractivity contribution in [2.24, 2.45) is 0 Å². The van der Waals surface area contributed by atoms with Crippen LogP contribution in [0.15, 0.2) is 61.2 Å². The van der Waals surface area contributed by atoms with Crippen molar-refractivity contribution < 1.29 is 24.2 Å². The number of amides is 2. The van der Waals surface area contributed by atoms with Gasteiger partial charge < -0.3 is 14.6 Å². The number of ether oxygens (including phenoxy) is 2. The number of nitrogens with zero attached hydrogens (tertiary/aromatic N) is 2. The Bertz CT molecular complexity index is 1130. The van der Waals surface area contributed by atoms with Gasteiger partial charge in [-0.1, -0.05) is 54.6 Å². The van der Waals surface area contributed by atoms with E-state index in [-0.39, 0.29) is 31.2 Å². The van der Waals surface area contributed by atoms with Crippen LogP contribution in [0.25, 0.3) is 11.1 Å². The van der Waals surface area contributed by atoms with E-state index in [0.717, 1.165) is 28.7 Å². The Hall–Kier alpha value is -3.32. The second-order valence-corrected chi connectivity index (χ2v) is 10.9. The van der Waals surface area contributed by atoms with Gasteiger partial charge in [0, 0.05) is 12.5 Å². The Kier molecular flexibility index (Phi) is 6.29. The van der Waals surface area contributed by atoms with Crippen LogP contribution in [0.4, 0.5) is 9.59 Å². The molecule has 4 atom stereocenters. The van der Waals surface area contributed by atoms with Gasteiger partial charge in [-0.25, -0.2) is 9.59 Å². The van der Waals surface area contributed by atoms with Crippen molar-refractivity contribution in [3.8, 4) is 11.1 Å². The molecule has 2 aliphatic heterocycles. The highest BCUT2D eigenvalue weighted by molar-refractivity contribution is 5.79. The molecule has 190 valence electrons. The van der Waals surface area contributed by atoms with Crippen molar-refractivity contribution in [1.82, 2.24) is 9.80 Å². The first-order chi connectivity index (χ1) is 17.2. The molecule has 2 aromatic carbocycles. The van der Waals surface area contributed by atoms with Crippen LogP contribution < -0.4 is 0 Å². The first-order valence-electron chi connectivity index (χ1n) is 12.6. The Morgan fingerprint density at radius 3 is 2.25 bits per heavy atom. The van der Waals surface area contributed by atoms with Gasteiger partial charge in [0.2, 0.25) is 0 Å². The molecule has 5 rings (SSSR count). The number of carbonyl (C=O) groups is 2. The van der Waals surface area contributed by atoms with Crippen LogP contribution in [-0.2, 0) is 9.47 Å². The SMILES string of the molecule is C=C[C@@H](O)[C@@H]1[C@@H]2CC[C@H](CN1C(=O)OCC1c3ccccc3-c3ccccc31)N2C(=O)OC(C)(C)C. The van der Waals surface area contributed by atoms with Gasteiger partial charge in [-0.3, -0.25) is 9.80 Å². The minimum absolute atomic E-state index is 0.0519. The minimum Gasteiger partial charge on any atom is -0.448 e. The number of hydrogen-bond donors (Lipinski definition) is 1. The largest absolute Gasteiger partial charge is 0.448 e. The molecule has 0 aromatic heterocycles. The third-order valence-electron chi connectivity index (χ3n) is 7.47. The number of aliphatic hydroxyl groups excluding tert-OH is 1. The van der Waals surface area contributed by atoms with Crippen LogP contribution >= 0.6 is 0 Å². The smallest absolute Gasteiger partial charge is 0.410 e. The molecule has 1 N–H and O–H groups in total. The summed E-state index contributed by atoms with van der Waals surface area (Å²) in [6, 6.07) is 15.2. The monoisotopic (exact) mass is 490 g/mol. The molecule has 2 amide bonds. The van der Waals surface area contributed by atoms with Crippen molar-refractivity contribution in [2.75, 3.05) is 13.2 Å². The number of carbonyl (C=O) groups excluding carboxylic acids is 2. The maximum Gasteiger partial charge on any atom is 0.410 e. The summed E-state index contributed by atoms with van der Waals surface area (Å²) in [7, 11) is 0. The average Bonchev–Trinajstić information content (AvgIpc) is 3.34. The highest BCUT2D eigenvalue weighted by atomic mass is 16.6. The van der Waals surface area contributed by atoms with Crippen molar-refractivity contribution in [1.29, 1.82) is 0 Å². The molecule has 0 unspecified atom stereocenters. The lowest BCUT2D eigenvalue weighted by molar-refractivity contribution is -0.0429. The Morgan fingerprint density at radius 2 is 1.67 bits per heavy atom. The van der Waals surface area contributed by atoms with Crippen LogP contribution in [0.1, 0.15) is 50.7 Å². The summed E-state index contributed by atoms with van der Waals surface area (Å²) >= 11 is 0. The number of benzene rings is 2. The van der Waals surface area contributed by atoms with E-state index in [1.54, 1.807) is 9.80 Å². The predicted octanol–water partition coefficient (Wildman–Crippen LogP) is 4.93. The van der Waals surface area contributed by atoms with Gasteiger partial charge in [0.25, 0.3) is 0 Å². The molecule has 0 radical (unpaired) electrons. The van der Waals surface area contributed by atoms with Gasteiger partial charge in [-0.15, -0.1) is 6.58 Å². The molecule has 36 heavy (non-hydrogen) atoms. The number of piperazine rings is 1. The molecular formula is C29H34N2O5. The maximum absolute atomic E-state index is 13.5. The zero-order valence-corrected chi connectivity index (χ0v) is 21.1. The summed E-state index contributed by atoms with van der Waals surface area (Å²) in [5.74, 6) is -0.0519. The first-order valence-corrected chi connectivity index (χ1v) is 12.6. The first kappa shape index (κ1) is 24.4. The molecule has 2 heterocycles. The lowest BCUT2D eigenvalue weighted by atomic mass is 9.97. The minimum atomic E-state index is -1.00. The van der Waals surface area contributed by atoms with Gasteiger partial charge in [0.1, 0.15) is 12.2 Å². The van der Waals surface area contributed by atoms with E-state index in [9.17, 15) is 14.7 Å². The summed E-state index contributed by atoms with van der Waals surface area (Å²) in [6.07, 6.45) is 0.927. The fraction of sp³-hybridized carbons (Fsp3) is 0.448. The summed E-state index contributed by atoms with van der Waals surface area (Å²) in [5, 5.41) is 10.8. The van der Waals surface area contributed by atoms with Gasteiger partial charge in [-0.2, -0.15) is 0 Å². The molecule has 7 nitrogen and oxygen atoms in total. The van der Waals surface area contributed by atoms with Crippen LogP contribution in [0, 0.1) is 0 Å². The number of fused-ring (bicyclic) bond motifs is 5. The van der Waals surface area contributed by atoms with E-state index in [2.05, 4.69) is 30.8 Å². The third kappa shape index (κ3) is 4.26. The van der Waals surface area contributed by atoms with Crippen LogP contribution in [0.2, 0.25) is 0 Å².